The van der Waals surface area contributed by atoms with Gasteiger partial charge in [-0.1, -0.05) is 0 Å². The van der Waals surface area contributed by atoms with Gasteiger partial charge in [-0.3, -0.25) is 5.10 Å². The van der Waals surface area contributed by atoms with Crippen molar-refractivity contribution in [2.75, 3.05) is 25.1 Å². The Morgan fingerprint density at radius 1 is 1.39 bits per heavy atom. The molecule has 1 fully saturated rings. The molecule has 1 aliphatic heterocycles. The van der Waals surface area contributed by atoms with Gasteiger partial charge in [-0.2, -0.15) is 5.10 Å². The van der Waals surface area contributed by atoms with E-state index in [4.69, 9.17) is 4.74 Å². The lowest BCUT2D eigenvalue weighted by molar-refractivity contribution is 0.0143. The van der Waals surface area contributed by atoms with Gasteiger partial charge in [0.1, 0.15) is 5.82 Å². The maximum absolute atomic E-state index is 13.0. The molecule has 122 valence electrons. The van der Waals surface area contributed by atoms with Crippen LogP contribution in [0.5, 0.6) is 0 Å². The van der Waals surface area contributed by atoms with Crippen LogP contribution in [0.3, 0.4) is 0 Å². The second kappa shape index (κ2) is 6.37. The van der Waals surface area contributed by atoms with Crippen LogP contribution >= 0.6 is 0 Å². The van der Waals surface area contributed by atoms with Crippen molar-refractivity contribution in [3.63, 3.8) is 0 Å². The lowest BCUT2D eigenvalue weighted by Gasteiger charge is -2.35. The smallest absolute Gasteiger partial charge is 0.322 e. The first-order valence-corrected chi connectivity index (χ1v) is 7.48. The predicted molar refractivity (Wildman–Crippen MR) is 83.7 cm³/mol. The number of anilines is 1. The minimum Gasteiger partial charge on any atom is -0.377 e. The second-order valence-electron chi connectivity index (χ2n) is 5.57. The molecule has 0 aliphatic carbocycles. The van der Waals surface area contributed by atoms with E-state index in [1.807, 2.05) is 13.8 Å². The zero-order chi connectivity index (χ0) is 16.4. The molecule has 2 N–H and O–H groups in total. The third-order valence-corrected chi connectivity index (χ3v) is 4.00. The van der Waals surface area contributed by atoms with E-state index in [2.05, 4.69) is 15.5 Å². The first kappa shape index (κ1) is 15.5. The van der Waals surface area contributed by atoms with Crippen LogP contribution < -0.4 is 5.32 Å². The summed E-state index contributed by atoms with van der Waals surface area (Å²) >= 11 is 0. The molecule has 1 atom stereocenters. The van der Waals surface area contributed by atoms with Crippen LogP contribution in [0.15, 0.2) is 24.3 Å². The van der Waals surface area contributed by atoms with Gasteiger partial charge in [0, 0.05) is 23.5 Å². The Morgan fingerprint density at radius 3 is 2.78 bits per heavy atom. The number of aryl methyl sites for hydroxylation is 2. The zero-order valence-corrected chi connectivity index (χ0v) is 13.1. The first-order chi connectivity index (χ1) is 11.1. The van der Waals surface area contributed by atoms with Crippen molar-refractivity contribution in [1.29, 1.82) is 0 Å². The molecular formula is C16H19FN4O2. The molecule has 1 saturated heterocycles. The molecule has 0 saturated carbocycles. The highest BCUT2D eigenvalue weighted by Gasteiger charge is 2.31. The maximum Gasteiger partial charge on any atom is 0.322 e. The van der Waals surface area contributed by atoms with Crippen molar-refractivity contribution in [2.24, 2.45) is 0 Å². The summed E-state index contributed by atoms with van der Waals surface area (Å²) in [6.07, 6.45) is 0. The number of hydrogen-bond acceptors (Lipinski definition) is 3. The van der Waals surface area contributed by atoms with Crippen LogP contribution in [0.4, 0.5) is 14.9 Å². The number of hydrogen-bond donors (Lipinski definition) is 2. The molecule has 0 bridgehead atoms. The van der Waals surface area contributed by atoms with Gasteiger partial charge in [-0.15, -0.1) is 0 Å². The standard InChI is InChI=1S/C16H19FN4O2/c1-10-15(11(2)20-19-10)14-9-23-8-7-21(14)16(22)18-13-5-3-12(17)4-6-13/h3-6,14H,7-9H2,1-2H3,(H,18,22)(H,19,20)/t14-/m0/s1. The lowest BCUT2D eigenvalue weighted by Crippen LogP contribution is -2.45. The molecular weight excluding hydrogens is 299 g/mol. The summed E-state index contributed by atoms with van der Waals surface area (Å²) in [5.41, 5.74) is 3.33. The van der Waals surface area contributed by atoms with Gasteiger partial charge in [-0.25, -0.2) is 9.18 Å². The number of urea groups is 1. The monoisotopic (exact) mass is 318 g/mol. The second-order valence-corrected chi connectivity index (χ2v) is 5.57. The van der Waals surface area contributed by atoms with Crippen LogP contribution in [0.25, 0.3) is 0 Å². The normalized spacial score (nSPS) is 18.0. The third kappa shape index (κ3) is 3.19. The number of ether oxygens (including phenoxy) is 1. The fourth-order valence-corrected chi connectivity index (χ4v) is 2.86. The molecule has 2 heterocycles. The maximum atomic E-state index is 13.0. The summed E-state index contributed by atoms with van der Waals surface area (Å²) in [4.78, 5) is 14.3. The average molecular weight is 318 g/mol. The number of benzene rings is 1. The van der Waals surface area contributed by atoms with E-state index >= 15 is 0 Å². The van der Waals surface area contributed by atoms with Gasteiger partial charge in [-0.05, 0) is 38.1 Å². The molecule has 1 aliphatic rings. The van der Waals surface area contributed by atoms with Crippen molar-refractivity contribution in [3.05, 3.63) is 47.0 Å². The van der Waals surface area contributed by atoms with Gasteiger partial charge in [0.05, 0.1) is 24.9 Å². The van der Waals surface area contributed by atoms with E-state index in [1.165, 1.54) is 24.3 Å². The molecule has 6 nitrogen and oxygen atoms in total. The highest BCUT2D eigenvalue weighted by Crippen LogP contribution is 2.28. The Labute approximate surface area is 133 Å². The number of carbonyl (C=O) groups is 1. The number of rotatable bonds is 2. The third-order valence-electron chi connectivity index (χ3n) is 4.00. The number of amides is 2. The average Bonchev–Trinajstić information content (AvgIpc) is 2.88. The first-order valence-electron chi connectivity index (χ1n) is 7.48. The topological polar surface area (TPSA) is 70.2 Å². The van der Waals surface area contributed by atoms with Crippen LogP contribution in [0, 0.1) is 19.7 Å². The Bertz CT molecular complexity index is 679. The minimum absolute atomic E-state index is 0.192. The molecule has 0 spiro atoms. The summed E-state index contributed by atoms with van der Waals surface area (Å²) in [6.45, 7) is 5.24. The molecule has 2 aromatic rings. The number of nitrogens with zero attached hydrogens (tertiary/aromatic N) is 2. The van der Waals surface area contributed by atoms with E-state index in [0.29, 0.717) is 25.4 Å². The van der Waals surface area contributed by atoms with Crippen LogP contribution in [0.1, 0.15) is 23.0 Å². The van der Waals surface area contributed by atoms with E-state index in [0.717, 1.165) is 17.0 Å². The number of H-pyrrole nitrogens is 1. The number of carbonyl (C=O) groups excluding carboxylic acids is 1. The van der Waals surface area contributed by atoms with E-state index in [1.54, 1.807) is 4.90 Å². The van der Waals surface area contributed by atoms with Crippen molar-refractivity contribution in [1.82, 2.24) is 15.1 Å². The van der Waals surface area contributed by atoms with Gasteiger partial charge in [0.15, 0.2) is 0 Å². The Hall–Kier alpha value is -2.41. The van der Waals surface area contributed by atoms with Gasteiger partial charge in [0.25, 0.3) is 0 Å². The predicted octanol–water partition coefficient (Wildman–Crippen LogP) is 2.77. The van der Waals surface area contributed by atoms with E-state index in [-0.39, 0.29) is 17.9 Å². The summed E-state index contributed by atoms with van der Waals surface area (Å²) < 4.78 is 18.5. The molecule has 2 amide bonds. The molecule has 23 heavy (non-hydrogen) atoms. The van der Waals surface area contributed by atoms with Crippen molar-refractivity contribution in [3.8, 4) is 0 Å². The molecule has 0 radical (unpaired) electrons. The Kier molecular flexibility index (Phi) is 4.29. The largest absolute Gasteiger partial charge is 0.377 e. The SMILES string of the molecule is Cc1n[nH]c(C)c1[C@@H]1COCCN1C(=O)Nc1ccc(F)cc1. The molecule has 7 heteroatoms. The number of morpholine rings is 1. The Balaban J connectivity index is 1.81. The fourth-order valence-electron chi connectivity index (χ4n) is 2.86. The van der Waals surface area contributed by atoms with Crippen molar-refractivity contribution >= 4 is 11.7 Å². The van der Waals surface area contributed by atoms with Gasteiger partial charge >= 0.3 is 6.03 Å². The number of nitrogens with one attached hydrogen (secondary N) is 2. The van der Waals surface area contributed by atoms with Crippen molar-refractivity contribution < 1.29 is 13.9 Å². The highest BCUT2D eigenvalue weighted by molar-refractivity contribution is 5.89. The fraction of sp³-hybridized carbons (Fsp3) is 0.375. The summed E-state index contributed by atoms with van der Waals surface area (Å²) in [6, 6.07) is 5.29. The summed E-state index contributed by atoms with van der Waals surface area (Å²) in [5.74, 6) is -0.336. The number of halogens is 1. The minimum atomic E-state index is -0.336. The molecule has 1 aromatic carbocycles. The zero-order valence-electron chi connectivity index (χ0n) is 13.1. The summed E-state index contributed by atoms with van der Waals surface area (Å²) in [7, 11) is 0. The number of aromatic amines is 1. The van der Waals surface area contributed by atoms with Crippen molar-refractivity contribution in [2.45, 2.75) is 19.9 Å². The van der Waals surface area contributed by atoms with E-state index in [9.17, 15) is 9.18 Å². The van der Waals surface area contributed by atoms with Gasteiger partial charge < -0.3 is 15.0 Å². The van der Waals surface area contributed by atoms with Crippen LogP contribution in [-0.4, -0.2) is 40.9 Å². The summed E-state index contributed by atoms with van der Waals surface area (Å²) in [5, 5.41) is 9.95. The molecule has 3 rings (SSSR count). The van der Waals surface area contributed by atoms with Crippen LogP contribution in [-0.2, 0) is 4.74 Å². The van der Waals surface area contributed by atoms with Gasteiger partial charge in [0.2, 0.25) is 0 Å². The quantitative estimate of drug-likeness (QED) is 0.894. The molecule has 0 unspecified atom stereocenters. The van der Waals surface area contributed by atoms with Crippen LogP contribution in [0.2, 0.25) is 0 Å². The Morgan fingerprint density at radius 2 is 2.13 bits per heavy atom. The number of aromatic nitrogens is 2. The van der Waals surface area contributed by atoms with E-state index < -0.39 is 0 Å². The highest BCUT2D eigenvalue weighted by atomic mass is 19.1. The lowest BCUT2D eigenvalue weighted by atomic mass is 10.0. The molecule has 1 aromatic heterocycles.